The van der Waals surface area contributed by atoms with Gasteiger partial charge < -0.3 is 34.4 Å². The van der Waals surface area contributed by atoms with Gasteiger partial charge in [-0.3, -0.25) is 0 Å². The third-order valence-corrected chi connectivity index (χ3v) is 17.0. The van der Waals surface area contributed by atoms with Crippen LogP contribution in [0.15, 0.2) is 0 Å². The van der Waals surface area contributed by atoms with E-state index in [1.165, 1.54) is 19.3 Å². The number of nitrogens with zero attached hydrogens (tertiary/aromatic N) is 2. The SMILES string of the molecule is CC(C)[C@@H](OC(=O)N1CCC1)[C@H]1C[C@@H](C)[C@H]2[C@H](O1)[C@H](O)[C@@]1(C)[C@@H]3CC[C@H]4C(C)(C)[C@@H](OC(=O)NCCN5CCC5)CC[C@@]45CC35CC[C@]21C. The van der Waals surface area contributed by atoms with E-state index < -0.39 is 6.10 Å². The van der Waals surface area contributed by atoms with E-state index in [2.05, 4.69) is 58.7 Å². The van der Waals surface area contributed by atoms with Gasteiger partial charge in [0.2, 0.25) is 0 Å². The number of ether oxygens (including phenoxy) is 3. The maximum atomic E-state index is 12.9. The van der Waals surface area contributed by atoms with E-state index >= 15 is 0 Å². The van der Waals surface area contributed by atoms with Crippen LogP contribution in [0, 0.1) is 56.7 Å². The van der Waals surface area contributed by atoms with Crippen molar-refractivity contribution in [1.82, 2.24) is 15.1 Å². The van der Waals surface area contributed by atoms with E-state index in [4.69, 9.17) is 14.2 Å². The lowest BCUT2D eigenvalue weighted by molar-refractivity contribution is -0.185. The van der Waals surface area contributed by atoms with Gasteiger partial charge in [-0.2, -0.15) is 0 Å². The van der Waals surface area contributed by atoms with Gasteiger partial charge in [0.1, 0.15) is 12.2 Å². The highest BCUT2D eigenvalue weighted by atomic mass is 16.6. The Hall–Kier alpha value is -1.58. The second kappa shape index (κ2) is 11.7. The van der Waals surface area contributed by atoms with Crippen molar-refractivity contribution in [1.29, 1.82) is 0 Å². The first kappa shape index (κ1) is 34.5. The number of carbonyl (C=O) groups is 2. The molecule has 0 aromatic carbocycles. The highest BCUT2D eigenvalue weighted by Gasteiger charge is 2.84. The third kappa shape index (κ3) is 4.78. The summed E-state index contributed by atoms with van der Waals surface area (Å²) in [5.74, 6) is 1.76. The number of fused-ring (bicyclic) bond motifs is 4. The number of carbonyl (C=O) groups excluding carboxylic acids is 2. The summed E-state index contributed by atoms with van der Waals surface area (Å²) in [6.07, 6.45) is 9.21. The molecular formula is C40H65N3O6. The standard InChI is InChI=1S/C40H65N3O6/c1-24(2)31(49-35(46)43-19-9-20-43)26-22-25(3)30-32(47-26)33(44)38(7)28-11-10-27-36(4,5)29(48-34(45)41-16-21-42-17-8-18-42)12-13-39(27)23-40(28,39)15-14-37(30,38)6/h24-33,44H,8-23H2,1-7H3,(H,41,45)/t25-,26-,27+,28+,29+,30+,31-,32+,33+,37-,38-,39-,40?/m1/s1. The summed E-state index contributed by atoms with van der Waals surface area (Å²) in [6.45, 7) is 21.7. The second-order valence-corrected chi connectivity index (χ2v) is 19.5. The molecule has 0 aromatic heterocycles. The van der Waals surface area contributed by atoms with Gasteiger partial charge in [0, 0.05) is 37.0 Å². The Labute approximate surface area is 294 Å². The summed E-state index contributed by atoms with van der Waals surface area (Å²) < 4.78 is 19.4. The number of aliphatic hydroxyl groups is 1. The van der Waals surface area contributed by atoms with E-state index in [1.54, 1.807) is 4.90 Å². The van der Waals surface area contributed by atoms with Crippen molar-refractivity contribution < 1.29 is 28.9 Å². The van der Waals surface area contributed by atoms with Crippen LogP contribution in [-0.4, -0.2) is 96.9 Å². The number of nitrogens with one attached hydrogen (secondary N) is 1. The van der Waals surface area contributed by atoms with Crippen LogP contribution in [0.3, 0.4) is 0 Å². The van der Waals surface area contributed by atoms with Crippen LogP contribution < -0.4 is 5.32 Å². The van der Waals surface area contributed by atoms with Crippen molar-refractivity contribution in [2.75, 3.05) is 39.3 Å². The molecule has 1 unspecified atom stereocenters. The van der Waals surface area contributed by atoms with Crippen molar-refractivity contribution in [3.8, 4) is 0 Å². The first-order valence-electron chi connectivity index (χ1n) is 20.2. The highest BCUT2D eigenvalue weighted by Crippen LogP contribution is 2.89. The van der Waals surface area contributed by atoms with Gasteiger partial charge in [-0.15, -0.1) is 0 Å². The van der Waals surface area contributed by atoms with Crippen molar-refractivity contribution in [2.24, 2.45) is 56.7 Å². The van der Waals surface area contributed by atoms with E-state index in [-0.39, 0.29) is 75.5 Å². The van der Waals surface area contributed by atoms with Gasteiger partial charge in [0.15, 0.2) is 0 Å². The van der Waals surface area contributed by atoms with Crippen LogP contribution in [0.1, 0.15) is 113 Å². The predicted octanol–water partition coefficient (Wildman–Crippen LogP) is 6.47. The molecule has 2 amide bonds. The molecule has 49 heavy (non-hydrogen) atoms. The monoisotopic (exact) mass is 683 g/mol. The fraction of sp³-hybridized carbons (Fsp3) is 0.950. The molecule has 2 spiro atoms. The van der Waals surface area contributed by atoms with Crippen molar-refractivity contribution in [2.45, 2.75) is 143 Å². The molecular weight excluding hydrogens is 618 g/mol. The van der Waals surface area contributed by atoms with Crippen LogP contribution >= 0.6 is 0 Å². The van der Waals surface area contributed by atoms with Gasteiger partial charge in [-0.1, -0.05) is 48.5 Å². The summed E-state index contributed by atoms with van der Waals surface area (Å²) >= 11 is 0. The number of alkyl carbamates (subject to hydrolysis) is 1. The van der Waals surface area contributed by atoms with Gasteiger partial charge in [0.25, 0.3) is 0 Å². The topological polar surface area (TPSA) is 101 Å². The normalized spacial score (nSPS) is 48.4. The van der Waals surface area contributed by atoms with Gasteiger partial charge in [-0.05, 0) is 123 Å². The maximum absolute atomic E-state index is 12.9. The summed E-state index contributed by atoms with van der Waals surface area (Å²) in [6, 6.07) is 0. The van der Waals surface area contributed by atoms with Crippen LogP contribution in [-0.2, 0) is 14.2 Å². The van der Waals surface area contributed by atoms with Crippen molar-refractivity contribution in [3.63, 3.8) is 0 Å². The van der Waals surface area contributed by atoms with E-state index in [0.29, 0.717) is 24.3 Å². The molecule has 0 bridgehead atoms. The third-order valence-electron chi connectivity index (χ3n) is 17.0. The minimum absolute atomic E-state index is 0.0143. The quantitative estimate of drug-likeness (QED) is 0.318. The smallest absolute Gasteiger partial charge is 0.410 e. The van der Waals surface area contributed by atoms with Crippen LogP contribution in [0.4, 0.5) is 9.59 Å². The first-order valence-corrected chi connectivity index (χ1v) is 20.2. The lowest BCUT2D eigenvalue weighted by Gasteiger charge is -2.63. The zero-order valence-electron chi connectivity index (χ0n) is 31.5. The molecule has 13 atom stereocenters. The number of hydrogen-bond donors (Lipinski definition) is 2. The Kier molecular flexibility index (Phi) is 8.25. The molecule has 8 rings (SSSR count). The lowest BCUT2D eigenvalue weighted by Crippen LogP contribution is -2.60. The van der Waals surface area contributed by atoms with Crippen molar-refractivity contribution >= 4 is 12.2 Å². The minimum Gasteiger partial charge on any atom is -0.446 e. The largest absolute Gasteiger partial charge is 0.446 e. The molecule has 8 fully saturated rings. The maximum Gasteiger partial charge on any atom is 0.410 e. The zero-order valence-corrected chi connectivity index (χ0v) is 31.5. The average Bonchev–Trinajstić information content (AvgIpc) is 3.62. The first-order chi connectivity index (χ1) is 23.2. The van der Waals surface area contributed by atoms with Gasteiger partial charge >= 0.3 is 12.2 Å². The Morgan fingerprint density at radius 2 is 1.65 bits per heavy atom. The number of hydrogen-bond acceptors (Lipinski definition) is 7. The van der Waals surface area contributed by atoms with Crippen molar-refractivity contribution in [3.05, 3.63) is 0 Å². The Morgan fingerprint density at radius 3 is 2.31 bits per heavy atom. The molecule has 3 aliphatic heterocycles. The molecule has 0 aromatic rings. The number of likely N-dealkylation sites (tertiary alicyclic amines) is 2. The van der Waals surface area contributed by atoms with E-state index in [0.717, 1.165) is 77.7 Å². The molecule has 9 heteroatoms. The Bertz CT molecular complexity index is 1320. The summed E-state index contributed by atoms with van der Waals surface area (Å²) in [4.78, 5) is 30.0. The van der Waals surface area contributed by atoms with Gasteiger partial charge in [0.05, 0.1) is 18.3 Å². The number of amides is 2. The Morgan fingerprint density at radius 1 is 0.959 bits per heavy atom. The number of rotatable bonds is 7. The van der Waals surface area contributed by atoms with Crippen LogP contribution in [0.2, 0.25) is 0 Å². The molecule has 3 saturated heterocycles. The second-order valence-electron chi connectivity index (χ2n) is 19.5. The number of aliphatic hydroxyl groups excluding tert-OH is 1. The van der Waals surface area contributed by atoms with Gasteiger partial charge in [-0.25, -0.2) is 9.59 Å². The fourth-order valence-corrected chi connectivity index (χ4v) is 14.2. The summed E-state index contributed by atoms with van der Waals surface area (Å²) in [5, 5.41) is 15.7. The fourth-order valence-electron chi connectivity index (χ4n) is 14.2. The molecule has 9 nitrogen and oxygen atoms in total. The van der Waals surface area contributed by atoms with Crippen LogP contribution in [0.25, 0.3) is 0 Å². The molecule has 0 radical (unpaired) electrons. The summed E-state index contributed by atoms with van der Waals surface area (Å²) in [5.41, 5.74) is 0.174. The summed E-state index contributed by atoms with van der Waals surface area (Å²) in [7, 11) is 0. The average molecular weight is 684 g/mol. The molecule has 2 N–H and O–H groups in total. The molecule has 5 aliphatic carbocycles. The molecule has 5 saturated carbocycles. The zero-order chi connectivity index (χ0) is 34.7. The highest BCUT2D eigenvalue weighted by molar-refractivity contribution is 5.68. The molecule has 276 valence electrons. The predicted molar refractivity (Wildman–Crippen MR) is 187 cm³/mol. The Balaban J connectivity index is 0.992. The van der Waals surface area contributed by atoms with E-state index in [1.807, 2.05) is 0 Å². The lowest BCUT2D eigenvalue weighted by atomic mass is 9.41. The van der Waals surface area contributed by atoms with Crippen LogP contribution in [0.5, 0.6) is 0 Å². The molecule has 3 heterocycles. The minimum atomic E-state index is -0.546. The van der Waals surface area contributed by atoms with E-state index in [9.17, 15) is 14.7 Å². The molecule has 8 aliphatic rings.